The number of azide groups is 1. The second-order valence-electron chi connectivity index (χ2n) is 24.4. The number of benzene rings is 7. The highest BCUT2D eigenvalue weighted by atomic mass is 35.5. The Kier molecular flexibility index (Phi) is 21.0. The van der Waals surface area contributed by atoms with Crippen molar-refractivity contribution in [3.8, 4) is 0 Å². The van der Waals surface area contributed by atoms with Gasteiger partial charge < -0.3 is 61.6 Å². The van der Waals surface area contributed by atoms with Crippen molar-refractivity contribution >= 4 is 52.8 Å². The summed E-state index contributed by atoms with van der Waals surface area (Å²) in [6, 6.07) is 55.1. The van der Waals surface area contributed by atoms with Gasteiger partial charge in [-0.15, -0.1) is 23.2 Å². The summed E-state index contributed by atoms with van der Waals surface area (Å²) in [4.78, 5) is 79.6. The maximum atomic E-state index is 15.6. The third-order valence-electron chi connectivity index (χ3n) is 18.1. The first-order valence-electron chi connectivity index (χ1n) is 32.3. The van der Waals surface area contributed by atoms with Gasteiger partial charge in [0.25, 0.3) is 23.6 Å². The van der Waals surface area contributed by atoms with Crippen LogP contribution in [0.15, 0.2) is 205 Å². The van der Waals surface area contributed by atoms with Gasteiger partial charge in [-0.3, -0.25) is 38.5 Å². The predicted octanol–water partition coefficient (Wildman–Crippen LogP) is 9.75. The van der Waals surface area contributed by atoms with Crippen molar-refractivity contribution in [2.75, 3.05) is 31.6 Å². The average Bonchev–Trinajstić information content (AvgIpc) is 1.70. The molecule has 0 N–H and O–H groups in total. The van der Waals surface area contributed by atoms with Gasteiger partial charge in [-0.1, -0.05) is 181 Å². The molecular formula is C73H67Cl2N5O19. The van der Waals surface area contributed by atoms with Crippen LogP contribution in [0.4, 0.5) is 0 Å². The van der Waals surface area contributed by atoms with Gasteiger partial charge in [-0.05, 0) is 52.1 Å². The van der Waals surface area contributed by atoms with Crippen molar-refractivity contribution in [2.24, 2.45) is 5.11 Å². The number of amides is 4. The van der Waals surface area contributed by atoms with Crippen LogP contribution in [-0.4, -0.2) is 169 Å². The molecule has 0 bridgehead atoms. The van der Waals surface area contributed by atoms with E-state index in [2.05, 4.69) is 10.0 Å². The van der Waals surface area contributed by atoms with Crippen molar-refractivity contribution in [1.82, 2.24) is 9.80 Å². The van der Waals surface area contributed by atoms with Gasteiger partial charge in [0.15, 0.2) is 37.3 Å². The summed E-state index contributed by atoms with van der Waals surface area (Å²) in [5.41, 5.74) is 14.1. The smallest absolute Gasteiger partial charge is 0.321 e. The highest BCUT2D eigenvalue weighted by Gasteiger charge is 2.65. The molecule has 2 unspecified atom stereocenters. The number of halogens is 2. The van der Waals surface area contributed by atoms with Crippen molar-refractivity contribution in [1.29, 1.82) is 0 Å². The zero-order valence-corrected chi connectivity index (χ0v) is 54.4. The molecule has 26 heteroatoms. The second-order valence-corrected chi connectivity index (χ2v) is 24.9. The van der Waals surface area contributed by atoms with Gasteiger partial charge in [0.05, 0.1) is 68.5 Å². The Bertz CT molecular complexity index is 3970. The van der Waals surface area contributed by atoms with Crippen LogP contribution in [-0.2, 0) is 97.5 Å². The Labute approximate surface area is 578 Å². The summed E-state index contributed by atoms with van der Waals surface area (Å²) in [7, 11) is 0. The van der Waals surface area contributed by atoms with Gasteiger partial charge in [0.2, 0.25) is 0 Å². The van der Waals surface area contributed by atoms with Crippen LogP contribution in [0.2, 0.25) is 0 Å². The summed E-state index contributed by atoms with van der Waals surface area (Å²) < 4.78 is 95.3. The van der Waals surface area contributed by atoms with E-state index >= 15 is 9.59 Å². The largest absolute Gasteiger partial charge is 0.456 e. The molecule has 7 aromatic carbocycles. The van der Waals surface area contributed by atoms with Crippen LogP contribution in [0.1, 0.15) is 75.5 Å². The minimum atomic E-state index is -2.39. The minimum Gasteiger partial charge on any atom is -0.456 e. The molecule has 0 spiro atoms. The van der Waals surface area contributed by atoms with Crippen LogP contribution in [0.3, 0.4) is 0 Å². The van der Waals surface area contributed by atoms with E-state index in [0.717, 1.165) is 20.9 Å². The van der Waals surface area contributed by atoms with E-state index in [0.29, 0.717) is 16.7 Å². The monoisotopic (exact) mass is 1390 g/mol. The summed E-state index contributed by atoms with van der Waals surface area (Å²) in [6.45, 7) is -1.07. The molecular weight excluding hydrogens is 1320 g/mol. The lowest BCUT2D eigenvalue weighted by atomic mass is 9.92. The first-order valence-corrected chi connectivity index (χ1v) is 33.4. The third-order valence-corrected chi connectivity index (χ3v) is 18.7. The molecule has 99 heavy (non-hydrogen) atoms. The molecule has 0 saturated carbocycles. The molecule has 17 atom stereocenters. The van der Waals surface area contributed by atoms with Gasteiger partial charge in [0, 0.05) is 10.5 Å². The lowest BCUT2D eigenvalue weighted by Crippen LogP contribution is -2.71. The van der Waals surface area contributed by atoms with Gasteiger partial charge in [-0.2, -0.15) is 0 Å². The molecule has 0 aliphatic carbocycles. The van der Waals surface area contributed by atoms with E-state index in [1.54, 1.807) is 36.4 Å². The zero-order valence-electron chi connectivity index (χ0n) is 52.9. The molecule has 0 radical (unpaired) electrons. The van der Waals surface area contributed by atoms with Crippen molar-refractivity contribution in [2.45, 2.75) is 131 Å². The van der Waals surface area contributed by atoms with Crippen LogP contribution in [0.5, 0.6) is 0 Å². The number of esters is 1. The van der Waals surface area contributed by atoms with Crippen LogP contribution in [0, 0.1) is 0 Å². The lowest BCUT2D eigenvalue weighted by Gasteiger charge is -2.52. The maximum Gasteiger partial charge on any atom is 0.321 e. The molecule has 512 valence electrons. The predicted molar refractivity (Wildman–Crippen MR) is 349 cm³/mol. The van der Waals surface area contributed by atoms with Crippen molar-refractivity contribution in [3.05, 3.63) is 261 Å². The number of imide groups is 2. The normalized spacial score (nSPS) is 30.1. The highest BCUT2D eigenvalue weighted by molar-refractivity contribution is 6.26. The topological polar surface area (TPSA) is 270 Å². The molecule has 24 nitrogen and oxygen atoms in total. The molecule has 0 aromatic heterocycles. The van der Waals surface area contributed by atoms with Crippen LogP contribution in [0.25, 0.3) is 10.4 Å². The number of ether oxygens (including phenoxy) is 14. The minimum absolute atomic E-state index is 0.0137. The molecule has 7 aliphatic rings. The molecule has 7 heterocycles. The van der Waals surface area contributed by atoms with Gasteiger partial charge in [0.1, 0.15) is 72.7 Å². The third kappa shape index (κ3) is 14.3. The van der Waals surface area contributed by atoms with E-state index in [4.69, 9.17) is 89.5 Å². The fraction of sp³-hybridized carbons (Fsp3) is 0.356. The quantitative estimate of drug-likeness (QED) is 0.0129. The van der Waals surface area contributed by atoms with E-state index in [1.165, 1.54) is 24.3 Å². The molecule has 14 rings (SSSR count). The summed E-state index contributed by atoms with van der Waals surface area (Å²) in [5, 5.41) is 4.11. The summed E-state index contributed by atoms with van der Waals surface area (Å²) in [5.74, 6) is -7.41. The molecule has 7 aromatic rings. The van der Waals surface area contributed by atoms with Crippen molar-refractivity contribution in [3.63, 3.8) is 0 Å². The van der Waals surface area contributed by atoms with Crippen molar-refractivity contribution < 1.29 is 90.3 Å². The summed E-state index contributed by atoms with van der Waals surface area (Å²) >= 11 is 13.2. The number of rotatable bonds is 25. The number of nitrogens with zero attached hydrogens (tertiary/aromatic N) is 5. The molecule has 4 amide bonds. The first kappa shape index (κ1) is 67.8. The second kappa shape index (κ2) is 30.6. The molecule has 7 aliphatic heterocycles. The SMILES string of the molecule is [N-]=[N+]=N[C@@H]1O[C@H](COCc2ccccc2)[C@@H](O[C@@H]2O[C@H](COCc3ccccc3)[C@@H](OC3(CCl)O[C@H]4O[C@@H]5COC(c6ccccc6)O[C@H]5[C@H](OC(=O)CCl)[C@H]4O3)[C@H](OCc3ccccc3)[C@H]2N2C(=O)c3ccccc3C2=O)[C@H](OCc2ccccc2)[C@H]1N1C(=O)c2ccccc2C1=O. The summed E-state index contributed by atoms with van der Waals surface area (Å²) in [6.07, 6.45) is -19.4. The maximum absolute atomic E-state index is 15.6. The Morgan fingerprint density at radius 1 is 0.525 bits per heavy atom. The van der Waals surface area contributed by atoms with E-state index < -0.39 is 146 Å². The number of hydrogen-bond donors (Lipinski definition) is 0. The Morgan fingerprint density at radius 3 is 1.48 bits per heavy atom. The fourth-order valence-electron chi connectivity index (χ4n) is 13.6. The van der Waals surface area contributed by atoms with Crippen LogP contribution >= 0.6 is 23.2 Å². The molecule has 5 fully saturated rings. The fourth-order valence-corrected chi connectivity index (χ4v) is 13.8. The standard InChI is InChI=1S/C73H67Cl2N5O19/c74-34-55(81)94-63-59-54(41-90-70(95-59)47-28-14-5-15-29-47)93-72-64(63)98-73(42-75,99-72)97-60-53(40-87-36-44-22-8-2-9-23-44)92-71(57(62(60)89-38-46-26-12-4-13-27-46)80-68(84)50-32-18-19-33-51(50)69(80)85)96-58-52(39-86-35-43-20-6-1-7-21-43)91-65(77-78-76)56(61(58)88-37-45-24-10-3-11-25-45)79-66(82)48-30-16-17-31-49(48)67(79)83/h1-33,52-54,56-65,70-72H,34-42H2/t52-,53-,54-,56-,57-,58-,59-,60-,61-,62-,63+,64-,65-,70?,71+,72-,73?/m1/s1. The average molecular weight is 1390 g/mol. The molecule has 5 saturated heterocycles. The number of carbonyl (C=O) groups excluding carboxylic acids is 5. The Morgan fingerprint density at radius 2 is 0.990 bits per heavy atom. The number of alkyl halides is 2. The zero-order chi connectivity index (χ0) is 68.0. The Hall–Kier alpha value is -8.34. The lowest BCUT2D eigenvalue weighted by molar-refractivity contribution is -0.401. The number of hydrogen-bond acceptors (Lipinski definition) is 20. The van der Waals surface area contributed by atoms with E-state index in [-0.39, 0.29) is 68.5 Å². The van der Waals surface area contributed by atoms with Gasteiger partial charge >= 0.3 is 11.9 Å². The van der Waals surface area contributed by atoms with Crippen LogP contribution < -0.4 is 0 Å². The number of fused-ring (bicyclic) bond motifs is 4. The Balaban J connectivity index is 0.905. The number of carbonyl (C=O) groups is 5. The van der Waals surface area contributed by atoms with E-state index in [9.17, 15) is 19.9 Å². The highest BCUT2D eigenvalue weighted by Crippen LogP contribution is 2.47. The van der Waals surface area contributed by atoms with E-state index in [1.807, 2.05) is 140 Å². The van der Waals surface area contributed by atoms with Gasteiger partial charge in [-0.25, -0.2) is 0 Å². The first-order chi connectivity index (χ1) is 48.5.